The van der Waals surface area contributed by atoms with Crippen molar-refractivity contribution in [1.29, 1.82) is 0 Å². The summed E-state index contributed by atoms with van der Waals surface area (Å²) in [6.45, 7) is 16.1. The van der Waals surface area contributed by atoms with Crippen molar-refractivity contribution in [2.24, 2.45) is 11.8 Å². The molecule has 0 saturated carbocycles. The molecule has 15 heavy (non-hydrogen) atoms. The highest BCUT2D eigenvalue weighted by Gasteiger charge is 2.22. The van der Waals surface area contributed by atoms with Gasteiger partial charge in [0.05, 0.1) is 0 Å². The quantitative estimate of drug-likeness (QED) is 0.504. The van der Waals surface area contributed by atoms with Gasteiger partial charge in [0.15, 0.2) is 0 Å². The van der Waals surface area contributed by atoms with E-state index in [1.54, 1.807) is 4.44 Å². The summed E-state index contributed by atoms with van der Waals surface area (Å²) in [6.07, 6.45) is 3.95. The maximum atomic E-state index is 4.36. The molecule has 88 valence electrons. The molecule has 0 nitrogen and oxygen atoms in total. The maximum absolute atomic E-state index is 4.36. The van der Waals surface area contributed by atoms with Gasteiger partial charge in [-0.1, -0.05) is 69.9 Å². The number of unbranched alkanes of at least 4 members (excludes halogenated alkanes) is 1. The third-order valence-electron chi connectivity index (χ3n) is 2.94. The lowest BCUT2D eigenvalue weighted by Crippen LogP contribution is -2.20. The molecule has 0 aliphatic carbocycles. The van der Waals surface area contributed by atoms with E-state index in [9.17, 15) is 0 Å². The molecule has 0 saturated heterocycles. The predicted octanol–water partition coefficient (Wildman–Crippen LogP) is 5.08. The van der Waals surface area contributed by atoms with Crippen LogP contribution in [0.4, 0.5) is 0 Å². The zero-order valence-electron chi connectivity index (χ0n) is 11.5. The zero-order chi connectivity index (χ0) is 11.8. The molecule has 0 aliphatic rings. The molecule has 1 heteroatoms. The van der Waals surface area contributed by atoms with Gasteiger partial charge in [0, 0.05) is 0 Å². The topological polar surface area (TPSA) is 0 Å². The minimum Gasteiger partial charge on any atom is -0.137 e. The Balaban J connectivity index is 4.14. The fraction of sp³-hybridized carbons (Fsp3) is 0.857. The highest BCUT2D eigenvalue weighted by atomic mass is 27.2. The molecular weight excluding hydrogens is 195 g/mol. The van der Waals surface area contributed by atoms with Crippen molar-refractivity contribution >= 4 is 14.1 Å². The van der Waals surface area contributed by atoms with Gasteiger partial charge in [0.25, 0.3) is 14.1 Å². The van der Waals surface area contributed by atoms with Gasteiger partial charge in [0.1, 0.15) is 0 Å². The van der Waals surface area contributed by atoms with Crippen molar-refractivity contribution < 1.29 is 0 Å². The minimum atomic E-state index is -0.670. The van der Waals surface area contributed by atoms with Crippen LogP contribution >= 0.6 is 0 Å². The van der Waals surface area contributed by atoms with Crippen LogP contribution in [-0.4, -0.2) is 14.1 Å². The lowest BCUT2D eigenvalue weighted by Gasteiger charge is -2.18. The van der Waals surface area contributed by atoms with Crippen LogP contribution in [0.25, 0.3) is 0 Å². The van der Waals surface area contributed by atoms with E-state index in [0.717, 1.165) is 11.8 Å². The molecule has 0 fully saturated rings. The average Bonchev–Trinajstić information content (AvgIpc) is 2.11. The molecule has 0 aromatic heterocycles. The molecule has 0 heterocycles. The molecule has 0 N–H and O–H groups in total. The lowest BCUT2D eigenvalue weighted by molar-refractivity contribution is 0.688. The van der Waals surface area contributed by atoms with Crippen molar-refractivity contribution in [3.63, 3.8) is 0 Å². The molecular formula is C14H29Al. The summed E-state index contributed by atoms with van der Waals surface area (Å²) in [6, 6.07) is 0. The Bertz CT molecular complexity index is 160. The Morgan fingerprint density at radius 3 is 1.87 bits per heavy atom. The van der Waals surface area contributed by atoms with E-state index in [1.807, 2.05) is 0 Å². The first-order valence-electron chi connectivity index (χ1n) is 6.65. The first kappa shape index (κ1) is 15.3. The third-order valence-corrected chi connectivity index (χ3v) is 7.41. The first-order chi connectivity index (χ1) is 6.97. The van der Waals surface area contributed by atoms with Gasteiger partial charge in [-0.15, -0.1) is 11.0 Å². The highest BCUT2D eigenvalue weighted by Crippen LogP contribution is 2.22. The summed E-state index contributed by atoms with van der Waals surface area (Å²) >= 11 is -0.670. The minimum absolute atomic E-state index is 0.670. The van der Waals surface area contributed by atoms with Crippen molar-refractivity contribution in [2.75, 3.05) is 0 Å². The maximum Gasteiger partial charge on any atom is 0.298 e. The number of allylic oxidation sites excluding steroid dienone is 1. The van der Waals surface area contributed by atoms with E-state index in [2.05, 4.69) is 41.2 Å². The van der Waals surface area contributed by atoms with E-state index >= 15 is 0 Å². The smallest absolute Gasteiger partial charge is 0.137 e. The van der Waals surface area contributed by atoms with Crippen molar-refractivity contribution in [3.05, 3.63) is 11.0 Å². The molecule has 0 aromatic carbocycles. The average molecular weight is 224 g/mol. The summed E-state index contributed by atoms with van der Waals surface area (Å²) in [4.78, 5) is 0. The zero-order valence-corrected chi connectivity index (χ0v) is 12.6. The van der Waals surface area contributed by atoms with Crippen molar-refractivity contribution in [1.82, 2.24) is 0 Å². The molecule has 0 bridgehead atoms. The number of rotatable bonds is 8. The second kappa shape index (κ2) is 8.43. The van der Waals surface area contributed by atoms with Gasteiger partial charge in [-0.25, -0.2) is 0 Å². The SMILES string of the molecule is C=[C](CCCC)[Al]([CH2]C(C)C)[CH2]C(C)C. The van der Waals surface area contributed by atoms with Crippen LogP contribution in [0.5, 0.6) is 0 Å². The van der Waals surface area contributed by atoms with Crippen molar-refractivity contribution in [3.8, 4) is 0 Å². The standard InChI is InChI=1S/C6H11.2C4H9.Al/c1-3-5-6-4-2;2*1-4(2)3;/h1,4-6H2,2H3;2*4H,1H2,2-3H3;. The van der Waals surface area contributed by atoms with Gasteiger partial charge in [-0.05, 0) is 6.42 Å². The van der Waals surface area contributed by atoms with Gasteiger partial charge in [-0.2, -0.15) is 0 Å². The summed E-state index contributed by atoms with van der Waals surface area (Å²) in [5, 5.41) is 2.92. The van der Waals surface area contributed by atoms with E-state index < -0.39 is 14.1 Å². The van der Waals surface area contributed by atoms with E-state index in [4.69, 9.17) is 0 Å². The van der Waals surface area contributed by atoms with Crippen LogP contribution in [0.15, 0.2) is 11.0 Å². The van der Waals surface area contributed by atoms with E-state index in [1.165, 1.54) is 29.8 Å². The Morgan fingerprint density at radius 1 is 1.07 bits per heavy atom. The lowest BCUT2D eigenvalue weighted by atomic mass is 10.2. The van der Waals surface area contributed by atoms with E-state index in [0.29, 0.717) is 0 Å². The van der Waals surface area contributed by atoms with E-state index in [-0.39, 0.29) is 0 Å². The molecule has 0 amide bonds. The van der Waals surface area contributed by atoms with Crippen LogP contribution in [0.1, 0.15) is 53.9 Å². The summed E-state index contributed by atoms with van der Waals surface area (Å²) in [7, 11) is 0. The van der Waals surface area contributed by atoms with Gasteiger partial charge >= 0.3 is 0 Å². The Labute approximate surface area is 102 Å². The molecule has 0 atom stereocenters. The third kappa shape index (κ3) is 8.12. The monoisotopic (exact) mass is 224 g/mol. The van der Waals surface area contributed by atoms with Crippen LogP contribution in [0, 0.1) is 11.8 Å². The second-order valence-electron chi connectivity index (χ2n) is 5.72. The Morgan fingerprint density at radius 2 is 1.53 bits per heavy atom. The van der Waals surface area contributed by atoms with Gasteiger partial charge in [-0.3, -0.25) is 0 Å². The van der Waals surface area contributed by atoms with Crippen LogP contribution in [0.3, 0.4) is 0 Å². The molecule has 0 spiro atoms. The number of hydrogen-bond donors (Lipinski definition) is 0. The fourth-order valence-corrected chi connectivity index (χ4v) is 5.92. The number of hydrogen-bond acceptors (Lipinski definition) is 0. The normalized spacial score (nSPS) is 11.1. The molecule has 0 aromatic rings. The summed E-state index contributed by atoms with van der Waals surface area (Å²) in [5.41, 5.74) is 0. The molecule has 0 radical (unpaired) electrons. The largest absolute Gasteiger partial charge is 0.298 e. The van der Waals surface area contributed by atoms with Crippen LogP contribution < -0.4 is 0 Å². The summed E-state index contributed by atoms with van der Waals surface area (Å²) in [5.74, 6) is 1.72. The summed E-state index contributed by atoms with van der Waals surface area (Å²) < 4.78 is 1.64. The predicted molar refractivity (Wildman–Crippen MR) is 73.7 cm³/mol. The Hall–Kier alpha value is 0.272. The molecule has 0 unspecified atom stereocenters. The van der Waals surface area contributed by atoms with Crippen LogP contribution in [0.2, 0.25) is 10.6 Å². The van der Waals surface area contributed by atoms with Crippen LogP contribution in [-0.2, 0) is 0 Å². The van der Waals surface area contributed by atoms with Crippen molar-refractivity contribution in [2.45, 2.75) is 64.4 Å². The molecule has 0 rings (SSSR count). The molecule has 0 aliphatic heterocycles. The fourth-order valence-electron chi connectivity index (χ4n) is 2.18. The highest BCUT2D eigenvalue weighted by molar-refractivity contribution is 6.66. The second-order valence-corrected chi connectivity index (χ2v) is 8.87. The van der Waals surface area contributed by atoms with Gasteiger partial charge < -0.3 is 0 Å². The first-order valence-corrected chi connectivity index (χ1v) is 8.86. The Kier molecular flexibility index (Phi) is 8.58. The van der Waals surface area contributed by atoms with Gasteiger partial charge in [0.2, 0.25) is 0 Å².